The number of hydrogen-bond donors (Lipinski definition) is 2. The monoisotopic (exact) mass is 473 g/mol. The van der Waals surface area contributed by atoms with Crippen LogP contribution in [0.15, 0.2) is 36.5 Å². The number of hydrogen-bond acceptors (Lipinski definition) is 6. The lowest BCUT2D eigenvalue weighted by Crippen LogP contribution is -2.51. The predicted molar refractivity (Wildman–Crippen MR) is 126 cm³/mol. The molecule has 1 heterocycles. The molecule has 7 nitrogen and oxygen atoms in total. The molecule has 1 aromatic carbocycles. The summed E-state index contributed by atoms with van der Waals surface area (Å²) in [5.74, 6) is 3.87. The summed E-state index contributed by atoms with van der Waals surface area (Å²) in [6, 6.07) is 7.19. The van der Waals surface area contributed by atoms with Crippen molar-refractivity contribution < 1.29 is 23.3 Å². The Hall–Kier alpha value is -2.93. The molecule has 9 heteroatoms. The first-order valence-corrected chi connectivity index (χ1v) is 11.3. The van der Waals surface area contributed by atoms with Crippen LogP contribution in [0.1, 0.15) is 62.7 Å². The zero-order valence-electron chi connectivity index (χ0n) is 19.5. The van der Waals surface area contributed by atoms with Gasteiger partial charge in [-0.1, -0.05) is 5.92 Å². The summed E-state index contributed by atoms with van der Waals surface area (Å²) in [7, 11) is 1.22. The highest BCUT2D eigenvalue weighted by atomic mass is 32.2. The lowest BCUT2D eigenvalue weighted by atomic mass is 9.89. The van der Waals surface area contributed by atoms with Crippen LogP contribution in [0.4, 0.5) is 10.1 Å². The van der Waals surface area contributed by atoms with Crippen molar-refractivity contribution in [3.8, 4) is 11.8 Å². The molecule has 0 fully saturated rings. The third-order valence-corrected chi connectivity index (χ3v) is 6.43. The van der Waals surface area contributed by atoms with E-state index in [1.54, 1.807) is 40.7 Å². The van der Waals surface area contributed by atoms with E-state index in [0.717, 1.165) is 0 Å². The molecule has 33 heavy (non-hydrogen) atoms. The number of halogens is 1. The van der Waals surface area contributed by atoms with Gasteiger partial charge in [-0.3, -0.25) is 9.59 Å². The molecule has 0 saturated carbocycles. The first kappa shape index (κ1) is 26.3. The van der Waals surface area contributed by atoms with Gasteiger partial charge in [0, 0.05) is 34.4 Å². The van der Waals surface area contributed by atoms with Crippen molar-refractivity contribution in [2.24, 2.45) is 0 Å². The van der Waals surface area contributed by atoms with E-state index < -0.39 is 39.3 Å². The minimum atomic E-state index is -1.62. The fourth-order valence-electron chi connectivity index (χ4n) is 2.87. The van der Waals surface area contributed by atoms with Crippen LogP contribution in [0.2, 0.25) is 0 Å². The Morgan fingerprint density at radius 2 is 1.91 bits per heavy atom. The number of methoxy groups -OCH3 is 1. The van der Waals surface area contributed by atoms with Crippen LogP contribution < -0.4 is 10.0 Å². The molecule has 0 saturated heterocycles. The number of esters is 1. The second kappa shape index (κ2) is 10.8. The van der Waals surface area contributed by atoms with Crippen LogP contribution >= 0.6 is 0 Å². The number of benzene rings is 1. The van der Waals surface area contributed by atoms with Gasteiger partial charge in [0.25, 0.3) is 5.91 Å². The number of pyridine rings is 1. The average molecular weight is 474 g/mol. The molecule has 0 bridgehead atoms. The Balaban J connectivity index is 2.38. The summed E-state index contributed by atoms with van der Waals surface area (Å²) >= 11 is -1.62. The minimum Gasteiger partial charge on any atom is -0.598 e. The Morgan fingerprint density at radius 3 is 2.45 bits per heavy atom. The van der Waals surface area contributed by atoms with E-state index in [1.165, 1.54) is 37.6 Å². The molecular formula is C24H28FN3O4S. The lowest BCUT2D eigenvalue weighted by molar-refractivity contribution is -0.142. The highest BCUT2D eigenvalue weighted by Crippen LogP contribution is 2.32. The Kier molecular flexibility index (Phi) is 8.61. The lowest BCUT2D eigenvalue weighted by Gasteiger charge is -2.35. The van der Waals surface area contributed by atoms with E-state index in [2.05, 4.69) is 26.9 Å². The van der Waals surface area contributed by atoms with Crippen molar-refractivity contribution in [1.29, 1.82) is 0 Å². The number of aromatic nitrogens is 1. The van der Waals surface area contributed by atoms with Crippen LogP contribution in [0.3, 0.4) is 0 Å². The maximum Gasteiger partial charge on any atom is 0.307 e. The van der Waals surface area contributed by atoms with Gasteiger partial charge >= 0.3 is 5.97 Å². The molecule has 0 radical (unpaired) electrons. The van der Waals surface area contributed by atoms with Crippen molar-refractivity contribution in [2.45, 2.75) is 51.3 Å². The van der Waals surface area contributed by atoms with Gasteiger partial charge in [-0.05, 0) is 65.0 Å². The summed E-state index contributed by atoms with van der Waals surface area (Å²) in [6.07, 6.45) is 1.21. The Bertz CT molecular complexity index is 1070. The summed E-state index contributed by atoms with van der Waals surface area (Å²) in [4.78, 5) is 28.8. The first-order valence-electron chi connectivity index (χ1n) is 10.2. The number of amides is 1. The highest BCUT2D eigenvalue weighted by molar-refractivity contribution is 7.90. The van der Waals surface area contributed by atoms with Crippen molar-refractivity contribution in [3.05, 3.63) is 59.2 Å². The average Bonchev–Trinajstić information content (AvgIpc) is 2.74. The summed E-state index contributed by atoms with van der Waals surface area (Å²) < 4.78 is 34.7. The summed E-state index contributed by atoms with van der Waals surface area (Å²) in [6.45, 7) is 8.53. The normalized spacial score (nSPS) is 13.8. The molecule has 2 atom stereocenters. The van der Waals surface area contributed by atoms with Gasteiger partial charge in [0.05, 0.1) is 19.1 Å². The number of carbonyl (C=O) groups is 2. The second-order valence-corrected chi connectivity index (χ2v) is 10.5. The van der Waals surface area contributed by atoms with Crippen LogP contribution in [-0.2, 0) is 26.4 Å². The summed E-state index contributed by atoms with van der Waals surface area (Å²) in [5, 5.41) is 2.68. The number of rotatable bonds is 7. The van der Waals surface area contributed by atoms with Crippen LogP contribution in [0.5, 0.6) is 0 Å². The van der Waals surface area contributed by atoms with Crippen molar-refractivity contribution in [3.63, 3.8) is 0 Å². The highest BCUT2D eigenvalue weighted by Gasteiger charge is 2.41. The van der Waals surface area contributed by atoms with E-state index in [9.17, 15) is 18.5 Å². The Labute approximate surface area is 196 Å². The third-order valence-electron chi connectivity index (χ3n) is 4.68. The quantitative estimate of drug-likeness (QED) is 0.361. The fourth-order valence-corrected chi connectivity index (χ4v) is 3.77. The van der Waals surface area contributed by atoms with E-state index in [0.29, 0.717) is 5.56 Å². The fraction of sp³-hybridized carbons (Fsp3) is 0.375. The van der Waals surface area contributed by atoms with Crippen molar-refractivity contribution in [1.82, 2.24) is 9.71 Å². The molecular weight excluding hydrogens is 445 g/mol. The zero-order chi connectivity index (χ0) is 24.8. The van der Waals surface area contributed by atoms with Gasteiger partial charge in [-0.25, -0.2) is 9.37 Å². The third kappa shape index (κ3) is 7.02. The smallest absolute Gasteiger partial charge is 0.307 e. The topological polar surface area (TPSA) is 103 Å². The second-order valence-electron chi connectivity index (χ2n) is 8.52. The maximum atomic E-state index is 14.9. The predicted octanol–water partition coefficient (Wildman–Crippen LogP) is 3.67. The van der Waals surface area contributed by atoms with Gasteiger partial charge in [0.1, 0.15) is 16.3 Å². The van der Waals surface area contributed by atoms with E-state index in [4.69, 9.17) is 4.74 Å². The molecule has 0 aliphatic rings. The molecule has 2 rings (SSSR count). The molecule has 176 valence electrons. The largest absolute Gasteiger partial charge is 0.598 e. The minimum absolute atomic E-state index is 0.0600. The van der Waals surface area contributed by atoms with Crippen LogP contribution in [-0.4, -0.2) is 33.3 Å². The Morgan fingerprint density at radius 1 is 1.21 bits per heavy atom. The van der Waals surface area contributed by atoms with E-state index in [-0.39, 0.29) is 23.4 Å². The molecule has 0 aliphatic carbocycles. The summed E-state index contributed by atoms with van der Waals surface area (Å²) in [5.41, 5.74) is -0.185. The number of nitrogens with one attached hydrogen (secondary N) is 2. The molecule has 1 amide bonds. The van der Waals surface area contributed by atoms with E-state index >= 15 is 0 Å². The number of ether oxygens (including phenoxy) is 1. The van der Waals surface area contributed by atoms with Gasteiger partial charge in [-0.15, -0.1) is 10.6 Å². The maximum absolute atomic E-state index is 14.9. The molecule has 1 aromatic heterocycles. The number of carbonyl (C=O) groups excluding carboxylic acids is 2. The first-order chi connectivity index (χ1) is 15.4. The van der Waals surface area contributed by atoms with Gasteiger partial charge in [0.15, 0.2) is 0 Å². The van der Waals surface area contributed by atoms with E-state index in [1.807, 2.05) is 0 Å². The van der Waals surface area contributed by atoms with Crippen LogP contribution in [0.25, 0.3) is 0 Å². The van der Waals surface area contributed by atoms with Crippen molar-refractivity contribution >= 4 is 28.9 Å². The molecule has 1 unspecified atom stereocenters. The molecule has 0 aliphatic heterocycles. The SMILES string of the molecule is CC#Cc1ccc(C(=O)Nc2ccc(F)c([C@](C)(CC(=O)OC)N[S+]([O-])C(C)(C)C)c2)nc1. The van der Waals surface area contributed by atoms with Gasteiger partial charge in [0.2, 0.25) is 0 Å². The zero-order valence-corrected chi connectivity index (χ0v) is 20.4. The molecule has 2 aromatic rings. The number of nitrogens with zero attached hydrogens (tertiary/aromatic N) is 1. The van der Waals surface area contributed by atoms with Gasteiger partial charge in [-0.2, -0.15) is 0 Å². The molecule has 0 spiro atoms. The molecule has 2 N–H and O–H groups in total. The number of anilines is 1. The van der Waals surface area contributed by atoms with Crippen molar-refractivity contribution in [2.75, 3.05) is 12.4 Å². The van der Waals surface area contributed by atoms with Crippen LogP contribution in [0, 0.1) is 17.7 Å². The standard InChI is InChI=1S/C24H28FN3O4S/c1-7-8-16-9-12-20(26-15-16)22(30)27-17-10-11-19(25)18(13-17)24(5,14-21(29)32-6)28-33(31)23(2,3)4/h9-13,15,28H,14H2,1-6H3,(H,27,30)/t24-,33?/m0/s1. The van der Waals surface area contributed by atoms with Gasteiger partial charge < -0.3 is 14.6 Å².